The molecule has 0 unspecified atom stereocenters. The van der Waals surface area contributed by atoms with Crippen molar-refractivity contribution in [2.24, 2.45) is 0 Å². The van der Waals surface area contributed by atoms with Gasteiger partial charge >= 0.3 is 0 Å². The Morgan fingerprint density at radius 2 is 1.61 bits per heavy atom. The quantitative estimate of drug-likeness (QED) is 0.488. The fraction of sp³-hybridized carbons (Fsp3) is 0.429. The van der Waals surface area contributed by atoms with Crippen molar-refractivity contribution in [1.82, 2.24) is 0 Å². The molecule has 0 saturated carbocycles. The van der Waals surface area contributed by atoms with Crippen LogP contribution in [0.1, 0.15) is 26.7 Å². The molecule has 0 aliphatic heterocycles. The van der Waals surface area contributed by atoms with Crippen LogP contribution >= 0.6 is 0 Å². The van der Waals surface area contributed by atoms with Gasteiger partial charge in [-0.15, -0.1) is 0 Å². The van der Waals surface area contributed by atoms with Crippen LogP contribution in [0.15, 0.2) is 24.3 Å². The van der Waals surface area contributed by atoms with E-state index in [4.69, 9.17) is 0 Å². The van der Waals surface area contributed by atoms with Gasteiger partial charge in [0.15, 0.2) is 0 Å². The molecule has 4 nitrogen and oxygen atoms in total. The van der Waals surface area contributed by atoms with Crippen LogP contribution in [0.3, 0.4) is 0 Å². The number of nitrogens with one attached hydrogen (secondary N) is 2. The summed E-state index contributed by atoms with van der Waals surface area (Å²) in [5.41, 5.74) is 1.84. The normalized spacial score (nSPS) is 9.78. The van der Waals surface area contributed by atoms with Gasteiger partial charge < -0.3 is 5.32 Å². The summed E-state index contributed by atoms with van der Waals surface area (Å²) in [4.78, 5) is 11.4. The number of amidine groups is 1. The third kappa shape index (κ3) is 4.57. The van der Waals surface area contributed by atoms with Crippen LogP contribution in [0.4, 0.5) is 11.4 Å². The van der Waals surface area contributed by atoms with E-state index >= 15 is 0 Å². The Balaban J connectivity index is 2.63. The van der Waals surface area contributed by atoms with Crippen molar-refractivity contribution in [2.75, 3.05) is 24.7 Å². The highest BCUT2D eigenvalue weighted by Crippen LogP contribution is 2.13. The van der Waals surface area contributed by atoms with Crippen LogP contribution in [-0.2, 0) is 4.79 Å². The van der Waals surface area contributed by atoms with E-state index in [1.807, 2.05) is 56.8 Å². The average Bonchev–Trinajstić information content (AvgIpc) is 2.31. The van der Waals surface area contributed by atoms with Crippen molar-refractivity contribution in [3.63, 3.8) is 0 Å². The van der Waals surface area contributed by atoms with Gasteiger partial charge in [0.25, 0.3) is 0 Å². The largest absolute Gasteiger partial charge is 0.326 e. The van der Waals surface area contributed by atoms with Crippen LogP contribution in [0.5, 0.6) is 0 Å². The zero-order chi connectivity index (χ0) is 13.5. The standard InChI is InChI=1S/C14H21N3O/c1-5-6-14(18)16-13-9-7-12(8-10-13)15-11(2)17(3)4/h7-10H,5-6H2,1-4H3,(H,16,18)/p+1. The van der Waals surface area contributed by atoms with E-state index in [1.165, 1.54) is 0 Å². The number of rotatable bonds is 4. The molecule has 0 aromatic heterocycles. The molecular formula is C14H22N3O+. The zero-order valence-electron chi connectivity index (χ0n) is 11.6. The zero-order valence-corrected chi connectivity index (χ0v) is 11.6. The molecule has 0 aliphatic carbocycles. The van der Waals surface area contributed by atoms with Gasteiger partial charge in [-0.05, 0) is 30.7 Å². The first-order valence-corrected chi connectivity index (χ1v) is 6.20. The van der Waals surface area contributed by atoms with E-state index < -0.39 is 0 Å². The third-order valence-corrected chi connectivity index (χ3v) is 2.64. The fourth-order valence-electron chi connectivity index (χ4n) is 1.41. The predicted molar refractivity (Wildman–Crippen MR) is 76.4 cm³/mol. The minimum Gasteiger partial charge on any atom is -0.326 e. The van der Waals surface area contributed by atoms with Crippen molar-refractivity contribution >= 4 is 23.1 Å². The molecule has 98 valence electrons. The summed E-state index contributed by atoms with van der Waals surface area (Å²) in [6.07, 6.45) is 1.43. The average molecular weight is 248 g/mol. The molecule has 0 radical (unpaired) electrons. The van der Waals surface area contributed by atoms with E-state index in [2.05, 4.69) is 10.6 Å². The van der Waals surface area contributed by atoms with E-state index in [1.54, 1.807) is 0 Å². The van der Waals surface area contributed by atoms with Gasteiger partial charge in [0.1, 0.15) is 5.69 Å². The minimum atomic E-state index is 0.0641. The summed E-state index contributed by atoms with van der Waals surface area (Å²) in [5.74, 6) is 1.13. The monoisotopic (exact) mass is 248 g/mol. The van der Waals surface area contributed by atoms with Gasteiger partial charge in [-0.3, -0.25) is 9.37 Å². The second-order valence-corrected chi connectivity index (χ2v) is 4.48. The molecule has 4 heteroatoms. The number of amides is 1. The Bertz CT molecular complexity index is 431. The Kier molecular flexibility index (Phi) is 5.36. The maximum absolute atomic E-state index is 11.4. The van der Waals surface area contributed by atoms with E-state index in [9.17, 15) is 4.79 Å². The number of anilines is 2. The molecule has 0 heterocycles. The lowest BCUT2D eigenvalue weighted by Crippen LogP contribution is -2.18. The molecule has 0 bridgehead atoms. The molecule has 0 spiro atoms. The summed E-state index contributed by atoms with van der Waals surface area (Å²) < 4.78 is 2.01. The lowest BCUT2D eigenvalue weighted by molar-refractivity contribution is -0.464. The van der Waals surface area contributed by atoms with Crippen molar-refractivity contribution in [3.8, 4) is 0 Å². The molecule has 0 fully saturated rings. The summed E-state index contributed by atoms with van der Waals surface area (Å²) >= 11 is 0. The van der Waals surface area contributed by atoms with Crippen molar-refractivity contribution in [2.45, 2.75) is 26.7 Å². The lowest BCUT2D eigenvalue weighted by Gasteiger charge is -2.05. The highest BCUT2D eigenvalue weighted by atomic mass is 16.1. The van der Waals surface area contributed by atoms with E-state index in [0.29, 0.717) is 6.42 Å². The molecule has 1 aromatic rings. The maximum Gasteiger partial charge on any atom is 0.246 e. The van der Waals surface area contributed by atoms with Crippen molar-refractivity contribution in [3.05, 3.63) is 24.3 Å². The molecule has 2 N–H and O–H groups in total. The molecule has 1 rings (SSSR count). The van der Waals surface area contributed by atoms with Crippen LogP contribution in [0.2, 0.25) is 0 Å². The molecule has 0 atom stereocenters. The number of carbonyl (C=O) groups excluding carboxylic acids is 1. The summed E-state index contributed by atoms with van der Waals surface area (Å²) in [6, 6.07) is 7.71. The number of hydrogen-bond donors (Lipinski definition) is 2. The van der Waals surface area contributed by atoms with Crippen LogP contribution in [0, 0.1) is 0 Å². The van der Waals surface area contributed by atoms with Crippen LogP contribution < -0.4 is 10.6 Å². The number of nitrogens with zero attached hydrogens (tertiary/aromatic N) is 1. The lowest BCUT2D eigenvalue weighted by atomic mass is 10.2. The van der Waals surface area contributed by atoms with E-state index in [0.717, 1.165) is 23.6 Å². The highest BCUT2D eigenvalue weighted by molar-refractivity contribution is 5.92. The second-order valence-electron chi connectivity index (χ2n) is 4.48. The SMILES string of the molecule is CCCC(=O)Nc1ccc(NC(C)=[N+](C)C)cc1. The Morgan fingerprint density at radius 1 is 1.11 bits per heavy atom. The summed E-state index contributed by atoms with van der Waals surface area (Å²) in [6.45, 7) is 4.00. The van der Waals surface area contributed by atoms with E-state index in [-0.39, 0.29) is 5.91 Å². The van der Waals surface area contributed by atoms with Crippen LogP contribution in [0.25, 0.3) is 0 Å². The molecule has 1 amide bonds. The topological polar surface area (TPSA) is 44.1 Å². The number of carbonyl (C=O) groups is 1. The van der Waals surface area contributed by atoms with Gasteiger partial charge in [0.05, 0.1) is 14.1 Å². The highest BCUT2D eigenvalue weighted by Gasteiger charge is 2.04. The van der Waals surface area contributed by atoms with Crippen molar-refractivity contribution < 1.29 is 9.37 Å². The maximum atomic E-state index is 11.4. The first-order chi connectivity index (χ1) is 8.52. The summed E-state index contributed by atoms with van der Waals surface area (Å²) in [7, 11) is 3.98. The Labute approximate surface area is 109 Å². The molecule has 1 aromatic carbocycles. The summed E-state index contributed by atoms with van der Waals surface area (Å²) in [5, 5.41) is 6.14. The van der Waals surface area contributed by atoms with Gasteiger partial charge in [0, 0.05) is 19.0 Å². The third-order valence-electron chi connectivity index (χ3n) is 2.64. The molecule has 0 saturated heterocycles. The minimum absolute atomic E-state index is 0.0641. The molecule has 18 heavy (non-hydrogen) atoms. The van der Waals surface area contributed by atoms with Gasteiger partial charge in [-0.25, -0.2) is 5.32 Å². The second kappa shape index (κ2) is 6.79. The fourth-order valence-corrected chi connectivity index (χ4v) is 1.41. The molecular weight excluding hydrogens is 226 g/mol. The van der Waals surface area contributed by atoms with Gasteiger partial charge in [-0.2, -0.15) is 0 Å². The Morgan fingerprint density at radius 3 is 2.06 bits per heavy atom. The smallest absolute Gasteiger partial charge is 0.246 e. The first-order valence-electron chi connectivity index (χ1n) is 6.20. The Hall–Kier alpha value is -1.84. The predicted octanol–water partition coefficient (Wildman–Crippen LogP) is 2.53. The van der Waals surface area contributed by atoms with Gasteiger partial charge in [-0.1, -0.05) is 6.92 Å². The number of hydrogen-bond acceptors (Lipinski definition) is 1. The molecule has 0 aliphatic rings. The first kappa shape index (κ1) is 14.2. The van der Waals surface area contributed by atoms with Gasteiger partial charge in [0.2, 0.25) is 11.7 Å². The number of benzene rings is 1. The van der Waals surface area contributed by atoms with Crippen LogP contribution in [-0.4, -0.2) is 30.4 Å². The van der Waals surface area contributed by atoms with Crippen molar-refractivity contribution in [1.29, 1.82) is 0 Å².